The van der Waals surface area contributed by atoms with Crippen LogP contribution in [0.4, 0.5) is 0 Å². The predicted molar refractivity (Wildman–Crippen MR) is 224 cm³/mol. The minimum Gasteiger partial charge on any atom is -0.381 e. The van der Waals surface area contributed by atoms with Gasteiger partial charge in [0.15, 0.2) is 0 Å². The molecule has 0 aromatic heterocycles. The molecule has 1 heteroatoms. The molecule has 0 aromatic carbocycles. The Balaban J connectivity index is -0.000000144. The topological polar surface area (TPSA) is 9.23 Å². The first-order valence-corrected chi connectivity index (χ1v) is 22.3. The van der Waals surface area contributed by atoms with Crippen LogP contribution in [0.25, 0.3) is 0 Å². The molecule has 47 heavy (non-hydrogen) atoms. The summed E-state index contributed by atoms with van der Waals surface area (Å²) < 4.78 is 5.07. The average molecular weight is 669 g/mol. The fourth-order valence-electron chi connectivity index (χ4n) is 4.72. The highest BCUT2D eigenvalue weighted by Crippen LogP contribution is 2.15. The van der Waals surface area contributed by atoms with Gasteiger partial charge in [0.25, 0.3) is 0 Å². The molecule has 1 saturated carbocycles. The van der Waals surface area contributed by atoms with Gasteiger partial charge < -0.3 is 4.74 Å². The van der Waals surface area contributed by atoms with Gasteiger partial charge in [0.1, 0.15) is 0 Å². The number of rotatable bonds is 15. The minimum atomic E-state index is 1.00. The van der Waals surface area contributed by atoms with Crippen molar-refractivity contribution in [1.29, 1.82) is 0 Å². The van der Waals surface area contributed by atoms with Crippen LogP contribution in [-0.2, 0) is 4.74 Å². The van der Waals surface area contributed by atoms with E-state index >= 15 is 0 Å². The van der Waals surface area contributed by atoms with Gasteiger partial charge >= 0.3 is 0 Å². The Kier molecular flexibility index (Phi) is 80.9. The van der Waals surface area contributed by atoms with Crippen LogP contribution in [0, 0.1) is 0 Å². The SMILES string of the molecule is C1=CCCC1.C1CCCCC1.C1CCOCC1.CCCC.CCCCC.CCCCCC.CCCCCCC.CCCCCCCC. The summed E-state index contributed by atoms with van der Waals surface area (Å²) in [6.45, 7) is 24.3. The van der Waals surface area contributed by atoms with E-state index in [1.165, 1.54) is 205 Å². The molecule has 0 aromatic rings. The van der Waals surface area contributed by atoms with Gasteiger partial charge in [-0.15, -0.1) is 0 Å². The summed E-state index contributed by atoms with van der Waals surface area (Å²) in [5.41, 5.74) is 0. The molecular weight excluding hydrogens is 569 g/mol. The van der Waals surface area contributed by atoms with E-state index in [2.05, 4.69) is 81.4 Å². The minimum absolute atomic E-state index is 1.00. The molecule has 1 aliphatic heterocycles. The van der Waals surface area contributed by atoms with E-state index in [0.717, 1.165) is 13.2 Å². The van der Waals surface area contributed by atoms with Gasteiger partial charge in [0.05, 0.1) is 0 Å². The summed E-state index contributed by atoms with van der Waals surface area (Å²) in [5.74, 6) is 0. The van der Waals surface area contributed by atoms with Crippen molar-refractivity contribution in [3.63, 3.8) is 0 Å². The Morgan fingerprint density at radius 2 is 0.532 bits per heavy atom. The van der Waals surface area contributed by atoms with Gasteiger partial charge in [-0.25, -0.2) is 0 Å². The molecule has 0 unspecified atom stereocenters. The molecule has 0 bridgehead atoms. The zero-order valence-corrected chi connectivity index (χ0v) is 35.6. The molecule has 1 nitrogen and oxygen atoms in total. The zero-order valence-electron chi connectivity index (χ0n) is 35.6. The number of unbranched alkanes of at least 4 members (excludes halogenated alkanes) is 15. The highest BCUT2D eigenvalue weighted by molar-refractivity contribution is 4.88. The molecule has 2 aliphatic carbocycles. The van der Waals surface area contributed by atoms with Crippen molar-refractivity contribution >= 4 is 0 Å². The normalized spacial score (nSPS) is 14.1. The van der Waals surface area contributed by atoms with Crippen LogP contribution in [0.2, 0.25) is 0 Å². The molecule has 2 fully saturated rings. The van der Waals surface area contributed by atoms with Crippen LogP contribution in [-0.4, -0.2) is 13.2 Å². The van der Waals surface area contributed by atoms with Crippen molar-refractivity contribution in [3.05, 3.63) is 12.2 Å². The fourth-order valence-corrected chi connectivity index (χ4v) is 4.72. The lowest BCUT2D eigenvalue weighted by Crippen LogP contribution is -2.03. The Bertz CT molecular complexity index is 362. The van der Waals surface area contributed by atoms with E-state index < -0.39 is 0 Å². The van der Waals surface area contributed by atoms with Crippen LogP contribution >= 0.6 is 0 Å². The second-order valence-electron chi connectivity index (χ2n) is 13.7. The summed E-state index contributed by atoms with van der Waals surface area (Å²) >= 11 is 0. The van der Waals surface area contributed by atoms with Crippen LogP contribution in [0.3, 0.4) is 0 Å². The fraction of sp³-hybridized carbons (Fsp3) is 0.957. The van der Waals surface area contributed by atoms with Crippen molar-refractivity contribution in [1.82, 2.24) is 0 Å². The van der Waals surface area contributed by atoms with Crippen LogP contribution in [0.5, 0.6) is 0 Å². The molecule has 0 atom stereocenters. The number of hydrogen-bond acceptors (Lipinski definition) is 1. The lowest BCUT2D eigenvalue weighted by atomic mass is 10.0. The van der Waals surface area contributed by atoms with Crippen molar-refractivity contribution in [3.8, 4) is 0 Å². The predicted octanol–water partition coefficient (Wildman–Crippen LogP) is 18.2. The highest BCUT2D eigenvalue weighted by atomic mass is 16.5. The molecule has 0 N–H and O–H groups in total. The van der Waals surface area contributed by atoms with Gasteiger partial charge in [-0.05, 0) is 38.5 Å². The molecule has 0 amide bonds. The van der Waals surface area contributed by atoms with E-state index in [1.54, 1.807) is 0 Å². The zero-order chi connectivity index (χ0) is 36.2. The van der Waals surface area contributed by atoms with Crippen LogP contribution in [0.1, 0.15) is 275 Å². The Morgan fingerprint density at radius 1 is 0.277 bits per heavy atom. The molecular formula is C46H100O. The van der Waals surface area contributed by atoms with Crippen molar-refractivity contribution in [2.45, 2.75) is 275 Å². The maximum absolute atomic E-state index is 5.07. The summed E-state index contributed by atoms with van der Waals surface area (Å²) in [5, 5.41) is 0. The first-order chi connectivity index (χ1) is 23.1. The van der Waals surface area contributed by atoms with Gasteiger partial charge in [-0.2, -0.15) is 0 Å². The van der Waals surface area contributed by atoms with E-state index in [0.29, 0.717) is 0 Å². The molecule has 1 saturated heterocycles. The van der Waals surface area contributed by atoms with Crippen LogP contribution < -0.4 is 0 Å². The van der Waals surface area contributed by atoms with E-state index in [1.807, 2.05) is 0 Å². The van der Waals surface area contributed by atoms with Crippen molar-refractivity contribution in [2.75, 3.05) is 13.2 Å². The number of ether oxygens (including phenoxy) is 1. The van der Waals surface area contributed by atoms with Gasteiger partial charge in [-0.3, -0.25) is 0 Å². The summed E-state index contributed by atoms with van der Waals surface area (Å²) in [6, 6.07) is 0. The maximum Gasteiger partial charge on any atom is 0.0466 e. The summed E-state index contributed by atoms with van der Waals surface area (Å²) in [7, 11) is 0. The average Bonchev–Trinajstić information content (AvgIpc) is 3.74. The smallest absolute Gasteiger partial charge is 0.0466 e. The number of hydrogen-bond donors (Lipinski definition) is 0. The largest absolute Gasteiger partial charge is 0.381 e. The van der Waals surface area contributed by atoms with Gasteiger partial charge in [-0.1, -0.05) is 248 Å². The van der Waals surface area contributed by atoms with E-state index in [-0.39, 0.29) is 0 Å². The Hall–Kier alpha value is -0.300. The standard InChI is InChI=1S/C8H18.C7H16.C6H12.C6H14.C5H10O.C5H8.C5H12.C4H10/c1-3-5-7-8-6-4-2;1-3-5-7-6-4-2;1-2-4-6-5-3-1;1-3-5-6-4-2;1-2-4-6-5-3-1;1-2-4-5-3-1;1-3-5-4-2;1-3-4-2/h3-8H2,1-2H3;3-7H2,1-2H3;1-6H2;3-6H2,1-2H3;1-5H2;1-2H,3-5H2;3-5H2,1-2H3;3-4H2,1-2H3. The van der Waals surface area contributed by atoms with Gasteiger partial charge in [0, 0.05) is 13.2 Å². The third-order valence-electron chi connectivity index (χ3n) is 8.31. The highest BCUT2D eigenvalue weighted by Gasteiger charge is 1.96. The first kappa shape index (κ1) is 56.1. The molecule has 3 rings (SSSR count). The summed E-state index contributed by atoms with van der Waals surface area (Å²) in [6.07, 6.45) is 49.2. The van der Waals surface area contributed by atoms with E-state index in [4.69, 9.17) is 4.74 Å². The Labute approximate surface area is 304 Å². The van der Waals surface area contributed by atoms with E-state index in [9.17, 15) is 0 Å². The summed E-state index contributed by atoms with van der Waals surface area (Å²) in [4.78, 5) is 0. The lowest BCUT2D eigenvalue weighted by Gasteiger charge is -2.08. The third kappa shape index (κ3) is 86.8. The third-order valence-corrected chi connectivity index (χ3v) is 8.31. The number of allylic oxidation sites excluding steroid dienone is 2. The van der Waals surface area contributed by atoms with Crippen LogP contribution in [0.15, 0.2) is 12.2 Å². The van der Waals surface area contributed by atoms with Crippen molar-refractivity contribution in [2.24, 2.45) is 0 Å². The lowest BCUT2D eigenvalue weighted by molar-refractivity contribution is 0.0968. The first-order valence-electron chi connectivity index (χ1n) is 22.3. The second-order valence-corrected chi connectivity index (χ2v) is 13.7. The van der Waals surface area contributed by atoms with Gasteiger partial charge in [0.2, 0.25) is 0 Å². The second kappa shape index (κ2) is 67.8. The quantitative estimate of drug-likeness (QED) is 0.125. The molecule has 1 heterocycles. The maximum atomic E-state index is 5.07. The molecule has 3 aliphatic rings. The molecule has 0 radical (unpaired) electrons. The molecule has 290 valence electrons. The van der Waals surface area contributed by atoms with Crippen molar-refractivity contribution < 1.29 is 4.74 Å². The molecule has 0 spiro atoms. The Morgan fingerprint density at radius 3 is 0.681 bits per heavy atom. The monoisotopic (exact) mass is 669 g/mol.